The number of benzene rings is 1. The Morgan fingerprint density at radius 2 is 2.32 bits per heavy atom. The minimum atomic E-state index is -0.714. The number of aliphatic hydroxyl groups is 1. The quantitative estimate of drug-likeness (QED) is 0.704. The van der Waals surface area contributed by atoms with Gasteiger partial charge in [-0.25, -0.2) is 0 Å². The smallest absolute Gasteiger partial charge is 0.319 e. The molecule has 6 heteroatoms. The molecule has 0 heterocycles. The van der Waals surface area contributed by atoms with Crippen LogP contribution in [0, 0.1) is 0 Å². The van der Waals surface area contributed by atoms with Crippen molar-refractivity contribution >= 4 is 17.6 Å². The number of rotatable bonds is 8. The molecule has 5 nitrogen and oxygen atoms in total. The van der Waals surface area contributed by atoms with E-state index in [2.05, 4.69) is 5.32 Å². The first-order valence-electron chi connectivity index (χ1n) is 6.04. The highest BCUT2D eigenvalue weighted by Crippen LogP contribution is 2.17. The van der Waals surface area contributed by atoms with Crippen molar-refractivity contribution in [2.75, 3.05) is 26.3 Å². The van der Waals surface area contributed by atoms with Gasteiger partial charge in [-0.3, -0.25) is 4.79 Å². The van der Waals surface area contributed by atoms with Gasteiger partial charge in [-0.1, -0.05) is 17.7 Å². The zero-order chi connectivity index (χ0) is 14.1. The van der Waals surface area contributed by atoms with Gasteiger partial charge in [0.2, 0.25) is 0 Å². The van der Waals surface area contributed by atoms with Gasteiger partial charge in [-0.15, -0.1) is 0 Å². The monoisotopic (exact) mass is 287 g/mol. The maximum absolute atomic E-state index is 11.0. The molecule has 1 unspecified atom stereocenters. The SMILES string of the molecule is CCOC(=O)CNCC(O)COc1cccc(Cl)c1. The molecule has 1 rings (SSSR count). The molecule has 0 spiro atoms. The molecule has 0 radical (unpaired) electrons. The van der Waals surface area contributed by atoms with Crippen LogP contribution in [0.3, 0.4) is 0 Å². The molecule has 0 saturated heterocycles. The van der Waals surface area contributed by atoms with Crippen LogP contribution >= 0.6 is 11.6 Å². The lowest BCUT2D eigenvalue weighted by molar-refractivity contribution is -0.142. The molecule has 1 aromatic carbocycles. The first-order valence-corrected chi connectivity index (χ1v) is 6.42. The largest absolute Gasteiger partial charge is 0.491 e. The molecule has 19 heavy (non-hydrogen) atoms. The first kappa shape index (κ1) is 15.8. The van der Waals surface area contributed by atoms with Gasteiger partial charge in [0.05, 0.1) is 13.2 Å². The summed E-state index contributed by atoms with van der Waals surface area (Å²) in [6, 6.07) is 6.93. The van der Waals surface area contributed by atoms with E-state index < -0.39 is 6.10 Å². The number of aliphatic hydroxyl groups excluding tert-OH is 1. The Kier molecular flexibility index (Phi) is 7.25. The summed E-state index contributed by atoms with van der Waals surface area (Å²) in [6.07, 6.45) is -0.714. The Balaban J connectivity index is 2.17. The summed E-state index contributed by atoms with van der Waals surface area (Å²) in [4.78, 5) is 11.0. The van der Waals surface area contributed by atoms with Gasteiger partial charge in [0.15, 0.2) is 0 Å². The first-order chi connectivity index (χ1) is 9.11. The van der Waals surface area contributed by atoms with E-state index in [1.165, 1.54) is 0 Å². The molecular weight excluding hydrogens is 270 g/mol. The Bertz CT molecular complexity index is 400. The highest BCUT2D eigenvalue weighted by molar-refractivity contribution is 6.30. The third-order valence-corrected chi connectivity index (χ3v) is 2.43. The highest BCUT2D eigenvalue weighted by atomic mass is 35.5. The topological polar surface area (TPSA) is 67.8 Å². The molecule has 0 bridgehead atoms. The number of esters is 1. The molecule has 0 aromatic heterocycles. The standard InChI is InChI=1S/C13H18ClNO4/c1-2-18-13(17)8-15-7-11(16)9-19-12-5-3-4-10(14)6-12/h3-6,11,15-16H,2,7-9H2,1H3. The van der Waals surface area contributed by atoms with Gasteiger partial charge in [-0.2, -0.15) is 0 Å². The summed E-state index contributed by atoms with van der Waals surface area (Å²) < 4.78 is 10.1. The molecule has 0 amide bonds. The highest BCUT2D eigenvalue weighted by Gasteiger charge is 2.07. The van der Waals surface area contributed by atoms with Crippen molar-refractivity contribution in [3.05, 3.63) is 29.3 Å². The van der Waals surface area contributed by atoms with Gasteiger partial charge in [0.1, 0.15) is 18.5 Å². The van der Waals surface area contributed by atoms with E-state index in [-0.39, 0.29) is 25.7 Å². The third kappa shape index (κ3) is 7.00. The minimum Gasteiger partial charge on any atom is -0.491 e. The Labute approximate surface area is 117 Å². The lowest BCUT2D eigenvalue weighted by Crippen LogP contribution is -2.35. The Morgan fingerprint density at radius 3 is 3.00 bits per heavy atom. The van der Waals surface area contributed by atoms with Crippen molar-refractivity contribution in [2.45, 2.75) is 13.0 Å². The molecule has 106 valence electrons. The van der Waals surface area contributed by atoms with Crippen molar-refractivity contribution in [3.63, 3.8) is 0 Å². The van der Waals surface area contributed by atoms with E-state index in [1.54, 1.807) is 31.2 Å². The van der Waals surface area contributed by atoms with Gasteiger partial charge < -0.3 is 19.9 Å². The second-order valence-electron chi connectivity index (χ2n) is 3.86. The number of hydrogen-bond donors (Lipinski definition) is 2. The number of nitrogens with one attached hydrogen (secondary N) is 1. The van der Waals surface area contributed by atoms with Crippen molar-refractivity contribution in [1.82, 2.24) is 5.32 Å². The summed E-state index contributed by atoms with van der Waals surface area (Å²) >= 11 is 5.80. The fourth-order valence-electron chi connectivity index (χ4n) is 1.36. The van der Waals surface area contributed by atoms with Crippen LogP contribution in [0.15, 0.2) is 24.3 Å². The second-order valence-corrected chi connectivity index (χ2v) is 4.29. The molecule has 1 aromatic rings. The molecule has 0 saturated carbocycles. The average molecular weight is 288 g/mol. The van der Waals surface area contributed by atoms with Crippen molar-refractivity contribution in [1.29, 1.82) is 0 Å². The van der Waals surface area contributed by atoms with E-state index in [1.807, 2.05) is 0 Å². The van der Waals surface area contributed by atoms with Crippen LogP contribution in [0.25, 0.3) is 0 Å². The predicted molar refractivity (Wildman–Crippen MR) is 72.5 cm³/mol. The molecule has 0 aliphatic carbocycles. The van der Waals surface area contributed by atoms with Crippen molar-refractivity contribution in [3.8, 4) is 5.75 Å². The van der Waals surface area contributed by atoms with Gasteiger partial charge >= 0.3 is 5.97 Å². The summed E-state index contributed by atoms with van der Waals surface area (Å²) in [7, 11) is 0. The number of carbonyl (C=O) groups excluding carboxylic acids is 1. The zero-order valence-corrected chi connectivity index (χ0v) is 11.5. The van der Waals surface area contributed by atoms with E-state index in [9.17, 15) is 9.90 Å². The van der Waals surface area contributed by atoms with Crippen molar-refractivity contribution < 1.29 is 19.4 Å². The fourth-order valence-corrected chi connectivity index (χ4v) is 1.54. The van der Waals surface area contributed by atoms with E-state index in [0.29, 0.717) is 17.4 Å². The maximum atomic E-state index is 11.0. The Morgan fingerprint density at radius 1 is 1.53 bits per heavy atom. The molecule has 0 aliphatic rings. The van der Waals surface area contributed by atoms with Crippen LogP contribution in [0.1, 0.15) is 6.92 Å². The second kappa shape index (κ2) is 8.74. The fraction of sp³-hybridized carbons (Fsp3) is 0.462. The van der Waals surface area contributed by atoms with Crippen LogP contribution < -0.4 is 10.1 Å². The zero-order valence-electron chi connectivity index (χ0n) is 10.8. The molecular formula is C13H18ClNO4. The average Bonchev–Trinajstić information content (AvgIpc) is 2.37. The van der Waals surface area contributed by atoms with Gasteiger partial charge in [0, 0.05) is 11.6 Å². The number of ether oxygens (including phenoxy) is 2. The molecule has 1 atom stereocenters. The molecule has 2 N–H and O–H groups in total. The van der Waals surface area contributed by atoms with E-state index in [0.717, 1.165) is 0 Å². The van der Waals surface area contributed by atoms with Crippen LogP contribution in [0.4, 0.5) is 0 Å². The lowest BCUT2D eigenvalue weighted by Gasteiger charge is -2.13. The summed E-state index contributed by atoms with van der Waals surface area (Å²) in [5, 5.41) is 13.0. The minimum absolute atomic E-state index is 0.0715. The maximum Gasteiger partial charge on any atom is 0.319 e. The number of carbonyl (C=O) groups is 1. The molecule has 0 fully saturated rings. The predicted octanol–water partition coefficient (Wildman–Crippen LogP) is 1.23. The Hall–Kier alpha value is -1.30. The number of halogens is 1. The van der Waals surface area contributed by atoms with Crippen molar-refractivity contribution in [2.24, 2.45) is 0 Å². The van der Waals surface area contributed by atoms with Crippen LogP contribution in [0.2, 0.25) is 5.02 Å². The van der Waals surface area contributed by atoms with E-state index in [4.69, 9.17) is 21.1 Å². The normalized spacial score (nSPS) is 11.9. The number of hydrogen-bond acceptors (Lipinski definition) is 5. The van der Waals surface area contributed by atoms with Gasteiger partial charge in [0.25, 0.3) is 0 Å². The van der Waals surface area contributed by atoms with Gasteiger partial charge in [-0.05, 0) is 25.1 Å². The van der Waals surface area contributed by atoms with Crippen LogP contribution in [0.5, 0.6) is 5.75 Å². The summed E-state index contributed by atoms with van der Waals surface area (Å²) in [6.45, 7) is 2.53. The third-order valence-electron chi connectivity index (χ3n) is 2.19. The summed E-state index contributed by atoms with van der Waals surface area (Å²) in [5.74, 6) is 0.252. The van der Waals surface area contributed by atoms with Crippen LogP contribution in [-0.2, 0) is 9.53 Å². The summed E-state index contributed by atoms with van der Waals surface area (Å²) in [5.41, 5.74) is 0. The lowest BCUT2D eigenvalue weighted by atomic mass is 10.3. The van der Waals surface area contributed by atoms with E-state index >= 15 is 0 Å². The van der Waals surface area contributed by atoms with Crippen LogP contribution in [-0.4, -0.2) is 43.5 Å². The molecule has 0 aliphatic heterocycles.